The van der Waals surface area contributed by atoms with Crippen molar-refractivity contribution in [2.24, 2.45) is 4.99 Å². The van der Waals surface area contributed by atoms with Gasteiger partial charge in [-0.3, -0.25) is 0 Å². The lowest BCUT2D eigenvalue weighted by atomic mass is 9.84. The Labute approximate surface area is 189 Å². The molecule has 31 heavy (non-hydrogen) atoms. The number of ether oxygens (including phenoxy) is 1. The minimum atomic E-state index is -0.667. The molecule has 0 spiro atoms. The first-order valence-corrected chi connectivity index (χ1v) is 10.7. The van der Waals surface area contributed by atoms with Gasteiger partial charge in [-0.05, 0) is 42.1 Å². The van der Waals surface area contributed by atoms with E-state index in [1.165, 1.54) is 6.21 Å². The van der Waals surface area contributed by atoms with Gasteiger partial charge in [0.2, 0.25) is 0 Å². The van der Waals surface area contributed by atoms with Crippen molar-refractivity contribution < 1.29 is 14.6 Å². The van der Waals surface area contributed by atoms with E-state index >= 15 is 0 Å². The van der Waals surface area contributed by atoms with Crippen LogP contribution in [-0.4, -0.2) is 29.0 Å². The third-order valence-electron chi connectivity index (χ3n) is 4.68. The number of benzene rings is 2. The van der Waals surface area contributed by atoms with Crippen molar-refractivity contribution in [3.05, 3.63) is 70.8 Å². The van der Waals surface area contributed by atoms with Crippen LogP contribution in [0.5, 0.6) is 0 Å². The van der Waals surface area contributed by atoms with E-state index in [0.717, 1.165) is 23.2 Å². The van der Waals surface area contributed by atoms with Crippen LogP contribution in [0.2, 0.25) is 0 Å². The summed E-state index contributed by atoms with van der Waals surface area (Å²) in [6, 6.07) is 14.9. The van der Waals surface area contributed by atoms with Crippen LogP contribution in [0.15, 0.2) is 59.1 Å². The van der Waals surface area contributed by atoms with Crippen LogP contribution in [-0.2, 0) is 21.4 Å². The average molecular weight is 439 g/mol. The second-order valence-electron chi connectivity index (χ2n) is 7.98. The summed E-state index contributed by atoms with van der Waals surface area (Å²) < 4.78 is 5.09. The van der Waals surface area contributed by atoms with Gasteiger partial charge in [0.1, 0.15) is 11.3 Å². The van der Waals surface area contributed by atoms with E-state index in [4.69, 9.17) is 17.0 Å². The molecule has 6 heteroatoms. The largest absolute Gasteiger partial charge is 0.506 e. The Morgan fingerprint density at radius 1 is 1.13 bits per heavy atom. The Hall–Kier alpha value is -2.99. The first-order valence-electron chi connectivity index (χ1n) is 10.3. The van der Waals surface area contributed by atoms with E-state index in [2.05, 4.69) is 50.1 Å². The third kappa shape index (κ3) is 6.49. The molecule has 0 aromatic heterocycles. The maximum atomic E-state index is 12.4. The van der Waals surface area contributed by atoms with Gasteiger partial charge in [-0.1, -0.05) is 76.2 Å². The summed E-state index contributed by atoms with van der Waals surface area (Å²) in [6.45, 7) is 10.4. The number of rotatable bonds is 6. The summed E-state index contributed by atoms with van der Waals surface area (Å²) >= 11 is 5.43. The summed E-state index contributed by atoms with van der Waals surface area (Å²) in [5, 5.41) is 14.0. The Bertz CT molecular complexity index is 990. The van der Waals surface area contributed by atoms with Crippen LogP contribution in [0, 0.1) is 0 Å². The molecule has 2 rings (SSSR count). The normalized spacial score (nSPS) is 12.4. The van der Waals surface area contributed by atoms with Gasteiger partial charge in [0.05, 0.1) is 6.61 Å². The molecular formula is C25H30N2O3S. The number of thiocarbonyl (C=S) groups is 1. The number of nitrogens with zero attached hydrogens (tertiary/aromatic N) is 1. The van der Waals surface area contributed by atoms with E-state index in [9.17, 15) is 9.90 Å². The van der Waals surface area contributed by atoms with Crippen molar-refractivity contribution in [3.63, 3.8) is 0 Å². The number of carbonyl (C=O) groups is 1. The predicted molar refractivity (Wildman–Crippen MR) is 132 cm³/mol. The zero-order chi connectivity index (χ0) is 23.0. The Kier molecular flexibility index (Phi) is 8.51. The highest BCUT2D eigenvalue weighted by atomic mass is 32.1. The molecule has 0 amide bonds. The van der Waals surface area contributed by atoms with E-state index in [0.29, 0.717) is 5.56 Å². The number of aliphatic hydroxyl groups excluding tert-OH is 1. The number of esters is 1. The monoisotopic (exact) mass is 438 g/mol. The van der Waals surface area contributed by atoms with Gasteiger partial charge in [-0.2, -0.15) is 0 Å². The van der Waals surface area contributed by atoms with Crippen molar-refractivity contribution in [2.75, 3.05) is 11.9 Å². The topological polar surface area (TPSA) is 70.9 Å². The minimum absolute atomic E-state index is 0.0583. The molecule has 0 aliphatic heterocycles. The molecule has 2 N–H and O–H groups in total. The van der Waals surface area contributed by atoms with Gasteiger partial charge < -0.3 is 15.2 Å². The number of aryl methyl sites for hydroxylation is 1. The fourth-order valence-electron chi connectivity index (χ4n) is 3.10. The van der Waals surface area contributed by atoms with Crippen LogP contribution in [0.3, 0.4) is 0 Å². The molecule has 0 atom stereocenters. The number of para-hydroxylation sites is 1. The van der Waals surface area contributed by atoms with E-state index in [-0.39, 0.29) is 28.5 Å². The molecule has 0 saturated carbocycles. The maximum absolute atomic E-state index is 12.4. The first-order chi connectivity index (χ1) is 14.7. The number of hydrogen-bond acceptors (Lipinski definition) is 4. The van der Waals surface area contributed by atoms with Crippen LogP contribution < -0.4 is 5.32 Å². The summed E-state index contributed by atoms with van der Waals surface area (Å²) in [6.07, 6.45) is 2.09. The van der Waals surface area contributed by atoms with Gasteiger partial charge in [0.25, 0.3) is 0 Å². The van der Waals surface area contributed by atoms with Gasteiger partial charge >= 0.3 is 5.97 Å². The zero-order valence-electron chi connectivity index (χ0n) is 18.7. The van der Waals surface area contributed by atoms with E-state index < -0.39 is 5.97 Å². The predicted octanol–water partition coefficient (Wildman–Crippen LogP) is 5.85. The van der Waals surface area contributed by atoms with Gasteiger partial charge in [-0.15, -0.1) is 0 Å². The molecule has 0 radical (unpaired) electrons. The standard InChI is InChI=1S/C25H30N2O3S/c1-6-17-14-11-15-20(25(3,4)5)21(17)27-24(31)26-16-19(23(29)30-7-2)22(28)18-12-9-8-10-13-18/h8-16,28H,6-7H2,1-5H3,(H,27,31)/b22-19-,26-16+. The van der Waals surface area contributed by atoms with E-state index in [1.54, 1.807) is 31.2 Å². The number of carbonyl (C=O) groups excluding carboxylic acids is 1. The molecule has 0 bridgehead atoms. The molecule has 5 nitrogen and oxygen atoms in total. The van der Waals surface area contributed by atoms with Crippen molar-refractivity contribution in [1.29, 1.82) is 0 Å². The molecular weight excluding hydrogens is 408 g/mol. The minimum Gasteiger partial charge on any atom is -0.506 e. The summed E-state index contributed by atoms with van der Waals surface area (Å²) in [4.78, 5) is 16.7. The second-order valence-corrected chi connectivity index (χ2v) is 8.37. The smallest absolute Gasteiger partial charge is 0.343 e. The second kappa shape index (κ2) is 10.9. The first kappa shape index (κ1) is 24.3. The van der Waals surface area contributed by atoms with Gasteiger partial charge in [0.15, 0.2) is 5.11 Å². The van der Waals surface area contributed by atoms with Crippen LogP contribution in [0.1, 0.15) is 51.3 Å². The Morgan fingerprint density at radius 2 is 1.81 bits per heavy atom. The average Bonchev–Trinajstić information content (AvgIpc) is 2.74. The van der Waals surface area contributed by atoms with Crippen molar-refractivity contribution in [1.82, 2.24) is 0 Å². The lowest BCUT2D eigenvalue weighted by Crippen LogP contribution is -2.19. The summed E-state index contributed by atoms with van der Waals surface area (Å²) in [7, 11) is 0. The lowest BCUT2D eigenvalue weighted by molar-refractivity contribution is -0.137. The molecule has 0 saturated heterocycles. The SMILES string of the molecule is CCOC(=O)C(/C=N/C(=S)Nc1c(CC)cccc1C(C)(C)C)=C(\O)c1ccccc1. The number of aliphatic hydroxyl groups is 1. The Balaban J connectivity index is 2.39. The van der Waals surface area contributed by atoms with Crippen molar-refractivity contribution in [3.8, 4) is 0 Å². The van der Waals surface area contributed by atoms with E-state index in [1.807, 2.05) is 12.1 Å². The van der Waals surface area contributed by atoms with Crippen molar-refractivity contribution >= 4 is 41.0 Å². The van der Waals surface area contributed by atoms with Crippen LogP contribution >= 0.6 is 12.2 Å². The number of aliphatic imine (C=N–C) groups is 1. The number of hydrogen-bond donors (Lipinski definition) is 2. The van der Waals surface area contributed by atoms with Gasteiger partial charge in [-0.25, -0.2) is 9.79 Å². The van der Waals surface area contributed by atoms with Crippen molar-refractivity contribution in [2.45, 2.75) is 46.5 Å². The maximum Gasteiger partial charge on any atom is 0.343 e. The summed E-state index contributed by atoms with van der Waals surface area (Å²) in [5.74, 6) is -0.880. The Morgan fingerprint density at radius 3 is 2.39 bits per heavy atom. The quantitative estimate of drug-likeness (QED) is 0.195. The molecule has 164 valence electrons. The zero-order valence-corrected chi connectivity index (χ0v) is 19.5. The number of nitrogens with one attached hydrogen (secondary N) is 1. The molecule has 2 aromatic rings. The number of anilines is 1. The molecule has 0 aliphatic carbocycles. The highest BCUT2D eigenvalue weighted by molar-refractivity contribution is 7.80. The molecule has 0 heterocycles. The highest BCUT2D eigenvalue weighted by Gasteiger charge is 2.21. The molecule has 0 unspecified atom stereocenters. The van der Waals surface area contributed by atoms with Crippen LogP contribution in [0.25, 0.3) is 5.76 Å². The van der Waals surface area contributed by atoms with Crippen LogP contribution in [0.4, 0.5) is 5.69 Å². The van der Waals surface area contributed by atoms with Gasteiger partial charge in [0, 0.05) is 17.5 Å². The molecule has 2 aromatic carbocycles. The third-order valence-corrected chi connectivity index (χ3v) is 4.89. The molecule has 0 aliphatic rings. The lowest BCUT2D eigenvalue weighted by Gasteiger charge is -2.25. The summed E-state index contributed by atoms with van der Waals surface area (Å²) in [5.41, 5.74) is 3.51. The fourth-order valence-corrected chi connectivity index (χ4v) is 3.26. The fraction of sp³-hybridized carbons (Fsp3) is 0.320. The highest BCUT2D eigenvalue weighted by Crippen LogP contribution is 2.32. The molecule has 0 fully saturated rings.